The summed E-state index contributed by atoms with van der Waals surface area (Å²) in [4.78, 5) is 0. The van der Waals surface area contributed by atoms with E-state index in [4.69, 9.17) is 0 Å². The first-order chi connectivity index (χ1) is 2.91. The van der Waals surface area contributed by atoms with Gasteiger partial charge in [-0.15, -0.1) is 0 Å². The molecule has 0 aromatic carbocycles. The van der Waals surface area contributed by atoms with Crippen LogP contribution in [0.25, 0.3) is 0 Å². The molecule has 4 heteroatoms. The first kappa shape index (κ1) is 7.46. The van der Waals surface area contributed by atoms with Crippen LogP contribution >= 0.6 is 44.7 Å². The average molecular weight is 302 g/mol. The molecule has 0 rings (SSSR count). The third-order valence-electron chi connectivity index (χ3n) is 0.314. The molecule has 0 aromatic heterocycles. The summed E-state index contributed by atoms with van der Waals surface area (Å²) >= 11 is 4.44. The molecule has 0 bridgehead atoms. The number of hydrogen-bond donors (Lipinski definition) is 0. The van der Waals surface area contributed by atoms with Crippen LogP contribution in [0.1, 0.15) is 0 Å². The fourth-order valence-corrected chi connectivity index (χ4v) is 0.690. The fourth-order valence-electron chi connectivity index (χ4n) is 0.103. The molecule has 0 amide bonds. The van der Waals surface area contributed by atoms with Gasteiger partial charge >= 0.3 is 66.9 Å². The molecule has 0 atom stereocenters. The van der Waals surface area contributed by atoms with Gasteiger partial charge in [0, 0.05) is 0 Å². The van der Waals surface area contributed by atoms with Crippen LogP contribution in [0.2, 0.25) is 6.32 Å². The molecule has 0 unspecified atom stereocenters. The van der Waals surface area contributed by atoms with Gasteiger partial charge in [0.15, 0.2) is 0 Å². The molecule has 0 aliphatic rings. The van der Waals surface area contributed by atoms with E-state index in [1.807, 2.05) is 4.78 Å². The summed E-state index contributed by atoms with van der Waals surface area (Å²) in [6.07, 6.45) is 1.09. The molecule has 6 heavy (non-hydrogen) atoms. The van der Waals surface area contributed by atoms with Crippen molar-refractivity contribution in [3.05, 3.63) is 0 Å². The van der Waals surface area contributed by atoms with E-state index in [1.54, 1.807) is 0 Å². The molecule has 31 valence electrons. The number of halogens is 2. The summed E-state index contributed by atoms with van der Waals surface area (Å²) in [6, 6.07) is 0. The first-order valence-electron chi connectivity index (χ1n) is 1.59. The van der Waals surface area contributed by atoms with Crippen molar-refractivity contribution >= 4 is 60.6 Å². The summed E-state index contributed by atoms with van der Waals surface area (Å²) in [5.74, 6) is 2.10. The van der Waals surface area contributed by atoms with Gasteiger partial charge < -0.3 is 0 Å². The van der Waals surface area contributed by atoms with Crippen LogP contribution in [-0.4, -0.2) is 15.9 Å². The molecule has 0 nitrogen and oxygen atoms in total. The third-order valence-corrected chi connectivity index (χ3v) is 1.33. The molecule has 0 aliphatic carbocycles. The molecule has 0 saturated carbocycles. The summed E-state index contributed by atoms with van der Waals surface area (Å²) in [6.45, 7) is 0. The van der Waals surface area contributed by atoms with Crippen LogP contribution in [0.4, 0.5) is 0 Å². The van der Waals surface area contributed by atoms with Gasteiger partial charge in [-0.25, -0.2) is 0 Å². The van der Waals surface area contributed by atoms with Crippen molar-refractivity contribution < 1.29 is 0 Å². The normalized spacial score (nSPS) is 8.33. The Bertz CT molecular complexity index is 44.8. The second kappa shape index (κ2) is 6.46. The van der Waals surface area contributed by atoms with E-state index in [2.05, 4.69) is 55.9 Å². The Morgan fingerprint density at radius 3 is 2.33 bits per heavy atom. The second-order valence-corrected chi connectivity index (χ2v) is 2.35. The van der Waals surface area contributed by atoms with Gasteiger partial charge in [0.1, 0.15) is 0 Å². The Hall–Kier alpha value is 1.46. The topological polar surface area (TPSA) is 0 Å². The zero-order valence-electron chi connectivity index (χ0n) is 3.20. The van der Waals surface area contributed by atoms with E-state index in [1.165, 1.54) is 0 Å². The van der Waals surface area contributed by atoms with E-state index in [0.29, 0.717) is 0 Å². The summed E-state index contributed by atoms with van der Waals surface area (Å²) in [5.41, 5.74) is 0. The summed E-state index contributed by atoms with van der Waals surface area (Å²) < 4.78 is 2.02. The molecule has 0 spiro atoms. The molecule has 0 fully saturated rings. The van der Waals surface area contributed by atoms with Crippen molar-refractivity contribution in [3.8, 4) is 0 Å². The maximum absolute atomic E-state index is 2.23. The van der Waals surface area contributed by atoms with E-state index < -0.39 is 0 Å². The van der Waals surface area contributed by atoms with Gasteiger partial charge in [0.25, 0.3) is 0 Å². The monoisotopic (exact) mass is 303 g/mol. The number of rotatable bonds is 2. The molecule has 0 heterocycles. The van der Waals surface area contributed by atoms with Crippen LogP contribution in [-0.2, 0) is 0 Å². The zero-order valence-corrected chi connectivity index (χ0v) is 7.51. The minimum absolute atomic E-state index is 1.09. The van der Waals surface area contributed by atoms with Crippen LogP contribution in [0.3, 0.4) is 0 Å². The van der Waals surface area contributed by atoms with Gasteiger partial charge in [-0.2, -0.15) is 0 Å². The Kier molecular flexibility index (Phi) is 8.03. The Morgan fingerprint density at radius 2 is 2.17 bits per heavy atom. The van der Waals surface area contributed by atoms with Crippen molar-refractivity contribution in [1.82, 2.24) is 0 Å². The van der Waals surface area contributed by atoms with E-state index in [-0.39, 0.29) is 0 Å². The quantitative estimate of drug-likeness (QED) is 0.533. The second-order valence-electron chi connectivity index (χ2n) is 0.752. The molecular weight excluding hydrogens is 299 g/mol. The van der Waals surface area contributed by atoms with Crippen molar-refractivity contribution in [2.45, 2.75) is 6.32 Å². The average Bonchev–Trinajstić information content (AvgIpc) is 1.61. The number of hydrogen-bond acceptors (Lipinski definition) is 0. The SMILES string of the molecule is I[B]CC=BI. The van der Waals surface area contributed by atoms with Crippen molar-refractivity contribution in [3.63, 3.8) is 0 Å². The Morgan fingerprint density at radius 1 is 1.50 bits per heavy atom. The van der Waals surface area contributed by atoms with E-state index in [0.717, 1.165) is 6.32 Å². The van der Waals surface area contributed by atoms with E-state index >= 15 is 0 Å². The van der Waals surface area contributed by atoms with E-state index in [9.17, 15) is 0 Å². The van der Waals surface area contributed by atoms with Gasteiger partial charge in [0.05, 0.1) is 0 Å². The third kappa shape index (κ3) is 5.46. The summed E-state index contributed by atoms with van der Waals surface area (Å²) in [5, 5.41) is 2.09. The van der Waals surface area contributed by atoms with Crippen LogP contribution < -0.4 is 0 Å². The van der Waals surface area contributed by atoms with Crippen LogP contribution in [0, 0.1) is 0 Å². The van der Waals surface area contributed by atoms with Crippen molar-refractivity contribution in [2.24, 2.45) is 0 Å². The molecule has 0 aliphatic heterocycles. The van der Waals surface area contributed by atoms with Gasteiger partial charge in [-0.05, 0) is 0 Å². The van der Waals surface area contributed by atoms with Gasteiger partial charge in [0.2, 0.25) is 0 Å². The molecule has 0 saturated heterocycles. The van der Waals surface area contributed by atoms with Crippen LogP contribution in [0.15, 0.2) is 0 Å². The van der Waals surface area contributed by atoms with Crippen molar-refractivity contribution in [1.29, 1.82) is 0 Å². The Labute approximate surface area is 66.4 Å². The summed E-state index contributed by atoms with van der Waals surface area (Å²) in [7, 11) is 0. The predicted octanol–water partition coefficient (Wildman–Crippen LogP) is 1.32. The maximum atomic E-state index is 2.23. The predicted molar refractivity (Wildman–Crippen MR) is 50.4 cm³/mol. The molecule has 0 N–H and O–H groups in total. The van der Waals surface area contributed by atoms with Gasteiger partial charge in [-0.3, -0.25) is 0 Å². The minimum atomic E-state index is 1.09. The zero-order chi connectivity index (χ0) is 4.83. The fraction of sp³-hybridized carbons (Fsp3) is 0.500. The van der Waals surface area contributed by atoms with Crippen LogP contribution in [0.5, 0.6) is 0 Å². The molecule has 0 aromatic rings. The molecule has 1 radical (unpaired) electrons. The standard InChI is InChI=1S/C2H3B2I2/c5-3-1-2-4-6/h1H,2H2. The van der Waals surface area contributed by atoms with Gasteiger partial charge in [-0.1, -0.05) is 0 Å². The molecular formula is C2H3B2I2. The van der Waals surface area contributed by atoms with Crippen molar-refractivity contribution in [2.75, 3.05) is 0 Å². The Balaban J connectivity index is 2.66. The first-order valence-corrected chi connectivity index (χ1v) is 4.08.